The summed E-state index contributed by atoms with van der Waals surface area (Å²) < 4.78 is 2.32. The van der Waals surface area contributed by atoms with Crippen LogP contribution in [0.15, 0.2) is 41.8 Å². The Balaban J connectivity index is 2.08. The summed E-state index contributed by atoms with van der Waals surface area (Å²) in [6.07, 6.45) is 0. The van der Waals surface area contributed by atoms with Crippen molar-refractivity contribution in [2.45, 2.75) is 0 Å². The fourth-order valence-electron chi connectivity index (χ4n) is 1.66. The third kappa shape index (κ3) is 1.90. The second kappa shape index (κ2) is 4.26. The number of carbonyl (C=O) groups excluding carboxylic acids is 1. The fourth-order valence-corrected chi connectivity index (χ4v) is 3.94. The normalized spacial score (nSPS) is 10.9. The van der Waals surface area contributed by atoms with E-state index < -0.39 is 0 Å². The van der Waals surface area contributed by atoms with Crippen molar-refractivity contribution in [3.05, 3.63) is 57.2 Å². The molecule has 0 unspecified atom stereocenters. The summed E-state index contributed by atoms with van der Waals surface area (Å²) in [7, 11) is 0. The van der Waals surface area contributed by atoms with Gasteiger partial charge in [0.1, 0.15) is 0 Å². The van der Waals surface area contributed by atoms with Gasteiger partial charge in [-0.15, -0.1) is 22.7 Å². The lowest BCUT2D eigenvalue weighted by atomic mass is 10.1. The minimum Gasteiger partial charge on any atom is -0.288 e. The van der Waals surface area contributed by atoms with Gasteiger partial charge in [-0.2, -0.15) is 0 Å². The summed E-state index contributed by atoms with van der Waals surface area (Å²) in [6, 6.07) is 11.1. The monoisotopic (exact) mass is 278 g/mol. The average molecular weight is 279 g/mol. The zero-order valence-electron chi connectivity index (χ0n) is 8.64. The molecule has 1 aromatic carbocycles. The van der Waals surface area contributed by atoms with Crippen LogP contribution in [-0.2, 0) is 0 Å². The lowest BCUT2D eigenvalue weighted by molar-refractivity contribution is 0.104. The number of hydrogen-bond donors (Lipinski definition) is 0. The van der Waals surface area contributed by atoms with Crippen molar-refractivity contribution < 1.29 is 4.79 Å². The number of fused-ring (bicyclic) bond motifs is 1. The van der Waals surface area contributed by atoms with Gasteiger partial charge in [-0.25, -0.2) is 0 Å². The third-order valence-electron chi connectivity index (χ3n) is 2.48. The van der Waals surface area contributed by atoms with Crippen molar-refractivity contribution in [1.82, 2.24) is 0 Å². The average Bonchev–Trinajstić information content (AvgIpc) is 2.88. The molecule has 0 bridgehead atoms. The Bertz CT molecular complexity index is 668. The fraction of sp³-hybridized carbons (Fsp3) is 0. The zero-order valence-corrected chi connectivity index (χ0v) is 11.0. The van der Waals surface area contributed by atoms with E-state index >= 15 is 0 Å². The molecule has 0 amide bonds. The molecule has 0 N–H and O–H groups in total. The van der Waals surface area contributed by atoms with Crippen LogP contribution in [0.1, 0.15) is 15.2 Å². The number of hydrogen-bond acceptors (Lipinski definition) is 3. The van der Waals surface area contributed by atoms with Crippen molar-refractivity contribution in [1.29, 1.82) is 0 Å². The van der Waals surface area contributed by atoms with Gasteiger partial charge in [0.25, 0.3) is 0 Å². The molecule has 84 valence electrons. The minimum atomic E-state index is 0.00370. The molecule has 0 radical (unpaired) electrons. The molecule has 0 aliphatic carbocycles. The number of rotatable bonds is 2. The van der Waals surface area contributed by atoms with Gasteiger partial charge in [-0.1, -0.05) is 23.7 Å². The molecule has 4 heteroatoms. The first-order valence-electron chi connectivity index (χ1n) is 5.02. The van der Waals surface area contributed by atoms with Crippen LogP contribution in [0, 0.1) is 0 Å². The number of halogens is 1. The molecule has 0 atom stereocenters. The quantitative estimate of drug-likeness (QED) is 0.613. The second-order valence-corrected chi connectivity index (χ2v) is 6.01. The topological polar surface area (TPSA) is 17.1 Å². The van der Waals surface area contributed by atoms with Crippen molar-refractivity contribution in [3.8, 4) is 0 Å². The Morgan fingerprint density at radius 2 is 1.94 bits per heavy atom. The summed E-state index contributed by atoms with van der Waals surface area (Å²) in [5.74, 6) is 0.00370. The molecule has 0 aliphatic rings. The number of ketones is 1. The van der Waals surface area contributed by atoms with Crippen LogP contribution in [0.2, 0.25) is 5.02 Å². The molecular formula is C13H7ClOS2. The lowest BCUT2D eigenvalue weighted by Crippen LogP contribution is -1.98. The molecule has 0 aliphatic heterocycles. The maximum absolute atomic E-state index is 12.3. The molecular weight excluding hydrogens is 272 g/mol. The van der Waals surface area contributed by atoms with E-state index in [0.29, 0.717) is 10.6 Å². The Morgan fingerprint density at radius 1 is 1.12 bits per heavy atom. The summed E-state index contributed by atoms with van der Waals surface area (Å²) >= 11 is 9.20. The summed E-state index contributed by atoms with van der Waals surface area (Å²) in [5.41, 5.74) is 0.572. The Kier molecular flexibility index (Phi) is 2.74. The van der Waals surface area contributed by atoms with Crippen molar-refractivity contribution in [2.24, 2.45) is 0 Å². The van der Waals surface area contributed by atoms with E-state index in [1.54, 1.807) is 23.5 Å². The number of carbonyl (C=O) groups is 1. The van der Waals surface area contributed by atoms with Crippen LogP contribution in [0.25, 0.3) is 9.40 Å². The molecule has 0 saturated carbocycles. The third-order valence-corrected chi connectivity index (χ3v) is 4.90. The van der Waals surface area contributed by atoms with Crippen LogP contribution < -0.4 is 0 Å². The molecule has 0 fully saturated rings. The van der Waals surface area contributed by atoms with Crippen LogP contribution in [-0.4, -0.2) is 5.78 Å². The highest BCUT2D eigenvalue weighted by Gasteiger charge is 2.15. The maximum Gasteiger partial charge on any atom is 0.204 e. The van der Waals surface area contributed by atoms with Crippen molar-refractivity contribution in [2.75, 3.05) is 0 Å². The first-order valence-corrected chi connectivity index (χ1v) is 7.09. The Morgan fingerprint density at radius 3 is 2.71 bits per heavy atom. The van der Waals surface area contributed by atoms with Gasteiger partial charge < -0.3 is 0 Å². The van der Waals surface area contributed by atoms with Crippen molar-refractivity contribution >= 4 is 49.5 Å². The van der Waals surface area contributed by atoms with Crippen LogP contribution in [0.4, 0.5) is 0 Å². The number of benzene rings is 1. The molecule has 1 nitrogen and oxygen atoms in total. The molecule has 2 aromatic heterocycles. The van der Waals surface area contributed by atoms with Gasteiger partial charge >= 0.3 is 0 Å². The van der Waals surface area contributed by atoms with Crippen molar-refractivity contribution in [3.63, 3.8) is 0 Å². The molecule has 3 aromatic rings. The summed E-state index contributed by atoms with van der Waals surface area (Å²) in [4.78, 5) is 13.0. The SMILES string of the molecule is O=C(c1cc2sccc2s1)c1ccccc1Cl. The van der Waals surface area contributed by atoms with Gasteiger partial charge in [-0.05, 0) is 29.6 Å². The van der Waals surface area contributed by atoms with Gasteiger partial charge in [0.15, 0.2) is 0 Å². The first-order chi connectivity index (χ1) is 8.25. The van der Waals surface area contributed by atoms with E-state index in [0.717, 1.165) is 14.3 Å². The van der Waals surface area contributed by atoms with Gasteiger partial charge in [0.05, 0.1) is 9.90 Å². The second-order valence-electron chi connectivity index (χ2n) is 3.57. The zero-order chi connectivity index (χ0) is 11.8. The molecule has 0 spiro atoms. The van der Waals surface area contributed by atoms with Gasteiger partial charge in [0.2, 0.25) is 5.78 Å². The Hall–Kier alpha value is -1.16. The van der Waals surface area contributed by atoms with E-state index in [9.17, 15) is 4.79 Å². The first kappa shape index (κ1) is 11.0. The van der Waals surface area contributed by atoms with Crippen LogP contribution >= 0.6 is 34.3 Å². The lowest BCUT2D eigenvalue weighted by Gasteiger charge is -1.99. The van der Waals surface area contributed by atoms with E-state index in [-0.39, 0.29) is 5.78 Å². The van der Waals surface area contributed by atoms with E-state index in [1.165, 1.54) is 11.3 Å². The molecule has 17 heavy (non-hydrogen) atoms. The van der Waals surface area contributed by atoms with E-state index in [4.69, 9.17) is 11.6 Å². The predicted molar refractivity (Wildman–Crippen MR) is 74.6 cm³/mol. The standard InChI is InChI=1S/C13H7ClOS2/c14-9-4-2-1-3-8(9)13(15)12-7-11-10(17-12)5-6-16-11/h1-7H. The highest BCUT2D eigenvalue weighted by molar-refractivity contribution is 7.28. The maximum atomic E-state index is 12.3. The highest BCUT2D eigenvalue weighted by Crippen LogP contribution is 2.32. The largest absolute Gasteiger partial charge is 0.288 e. The Labute approximate surface area is 111 Å². The van der Waals surface area contributed by atoms with E-state index in [2.05, 4.69) is 0 Å². The predicted octanol–water partition coefficient (Wildman–Crippen LogP) is 4.85. The minimum absolute atomic E-state index is 0.00370. The van der Waals surface area contributed by atoms with Crippen LogP contribution in [0.3, 0.4) is 0 Å². The summed E-state index contributed by atoms with van der Waals surface area (Å²) in [6.45, 7) is 0. The van der Waals surface area contributed by atoms with Gasteiger partial charge in [-0.3, -0.25) is 4.79 Å². The summed E-state index contributed by atoms with van der Waals surface area (Å²) in [5, 5.41) is 2.54. The smallest absolute Gasteiger partial charge is 0.204 e. The highest BCUT2D eigenvalue weighted by atomic mass is 35.5. The van der Waals surface area contributed by atoms with Crippen LogP contribution in [0.5, 0.6) is 0 Å². The number of thiophene rings is 2. The molecule has 2 heterocycles. The van der Waals surface area contributed by atoms with E-state index in [1.807, 2.05) is 29.6 Å². The molecule has 0 saturated heterocycles. The molecule has 3 rings (SSSR count). The van der Waals surface area contributed by atoms with Gasteiger partial charge in [0, 0.05) is 15.0 Å².